The number of aromatic carboxylic acids is 1. The number of nitrogens with one attached hydrogen (secondary N) is 1. The van der Waals surface area contributed by atoms with E-state index in [-0.39, 0.29) is 11.3 Å². The second kappa shape index (κ2) is 7.40. The summed E-state index contributed by atoms with van der Waals surface area (Å²) in [5.74, 6) is -1.31. The third kappa shape index (κ3) is 3.31. The lowest BCUT2D eigenvalue weighted by Crippen LogP contribution is -2.22. The Hall–Kier alpha value is -3.06. The summed E-state index contributed by atoms with van der Waals surface area (Å²) >= 11 is 0. The molecular formula is C22H26N4O3. The van der Waals surface area contributed by atoms with Crippen molar-refractivity contribution in [2.75, 3.05) is 18.8 Å². The van der Waals surface area contributed by atoms with E-state index in [0.717, 1.165) is 36.1 Å². The van der Waals surface area contributed by atoms with Gasteiger partial charge in [-0.1, -0.05) is 13.0 Å². The van der Waals surface area contributed by atoms with Crippen molar-refractivity contribution < 1.29 is 9.90 Å². The minimum atomic E-state index is -1.31. The van der Waals surface area contributed by atoms with Gasteiger partial charge >= 0.3 is 5.97 Å². The average Bonchev–Trinajstić information content (AvgIpc) is 3.29. The van der Waals surface area contributed by atoms with Crippen LogP contribution >= 0.6 is 0 Å². The Balaban J connectivity index is 1.80. The molecule has 29 heavy (non-hydrogen) atoms. The largest absolute Gasteiger partial charge is 0.477 e. The maximum Gasteiger partial charge on any atom is 0.343 e. The molecule has 152 valence electrons. The van der Waals surface area contributed by atoms with Gasteiger partial charge in [-0.25, -0.2) is 4.79 Å². The number of aromatic nitrogens is 2. The standard InChI is InChI=1S/C22H26N4O3/c1-3-16-19(23)18(22(28)29)21(27)24-20(16)13-6-7-17-14(10-13)11-15(25(17)2)12-26-8-4-5-9-26/h6-7,10-11H,3-5,8-9,12H2,1-2H3,(H,28,29)(H3,23,24,27). The van der Waals surface area contributed by atoms with E-state index in [4.69, 9.17) is 5.73 Å². The zero-order valence-electron chi connectivity index (χ0n) is 16.8. The number of aromatic amines is 1. The maximum absolute atomic E-state index is 12.3. The number of likely N-dealkylation sites (tertiary alicyclic amines) is 1. The van der Waals surface area contributed by atoms with E-state index in [2.05, 4.69) is 27.6 Å². The molecule has 3 heterocycles. The molecule has 0 aliphatic carbocycles. The summed E-state index contributed by atoms with van der Waals surface area (Å²) in [7, 11) is 2.08. The van der Waals surface area contributed by atoms with Gasteiger partial charge in [0.1, 0.15) is 5.56 Å². The fourth-order valence-electron chi connectivity index (χ4n) is 4.37. The van der Waals surface area contributed by atoms with Crippen LogP contribution in [0.2, 0.25) is 0 Å². The van der Waals surface area contributed by atoms with Crippen LogP contribution < -0.4 is 11.3 Å². The summed E-state index contributed by atoms with van der Waals surface area (Å²) in [6.45, 7) is 5.11. The second-order valence-corrected chi connectivity index (χ2v) is 7.71. The van der Waals surface area contributed by atoms with Crippen LogP contribution in [0.25, 0.3) is 22.2 Å². The Morgan fingerprint density at radius 1 is 1.24 bits per heavy atom. The fraction of sp³-hybridized carbons (Fsp3) is 0.364. The highest BCUT2D eigenvalue weighted by molar-refractivity contribution is 5.96. The summed E-state index contributed by atoms with van der Waals surface area (Å²) in [5.41, 5.74) is 9.48. The number of nitrogen functional groups attached to an aromatic ring is 1. The molecule has 0 unspecified atom stereocenters. The number of nitrogens with zero attached hydrogens (tertiary/aromatic N) is 2. The van der Waals surface area contributed by atoms with Gasteiger partial charge in [-0.2, -0.15) is 0 Å². The molecule has 4 N–H and O–H groups in total. The van der Waals surface area contributed by atoms with Crippen molar-refractivity contribution in [3.05, 3.63) is 51.4 Å². The third-order valence-corrected chi connectivity index (χ3v) is 5.94. The van der Waals surface area contributed by atoms with Gasteiger partial charge in [0, 0.05) is 35.8 Å². The van der Waals surface area contributed by atoms with Crippen molar-refractivity contribution in [2.45, 2.75) is 32.7 Å². The second-order valence-electron chi connectivity index (χ2n) is 7.71. The number of pyridine rings is 1. The quantitative estimate of drug-likeness (QED) is 0.617. The molecule has 2 aromatic heterocycles. The molecule has 1 fully saturated rings. The summed E-state index contributed by atoms with van der Waals surface area (Å²) in [6.07, 6.45) is 3.04. The van der Waals surface area contributed by atoms with Crippen LogP contribution in [0.4, 0.5) is 5.69 Å². The first-order chi connectivity index (χ1) is 13.9. The number of hydrogen-bond donors (Lipinski definition) is 3. The molecule has 0 amide bonds. The monoisotopic (exact) mass is 394 g/mol. The molecule has 0 bridgehead atoms. The number of aryl methyl sites for hydroxylation is 1. The van der Waals surface area contributed by atoms with E-state index in [1.165, 1.54) is 18.5 Å². The van der Waals surface area contributed by atoms with E-state index < -0.39 is 11.5 Å². The van der Waals surface area contributed by atoms with Crippen molar-refractivity contribution >= 4 is 22.6 Å². The van der Waals surface area contributed by atoms with Crippen LogP contribution in [0.3, 0.4) is 0 Å². The van der Waals surface area contributed by atoms with Crippen molar-refractivity contribution in [1.82, 2.24) is 14.5 Å². The van der Waals surface area contributed by atoms with E-state index in [1.54, 1.807) is 0 Å². The number of H-pyrrole nitrogens is 1. The molecule has 7 nitrogen and oxygen atoms in total. The van der Waals surface area contributed by atoms with E-state index in [1.807, 2.05) is 25.1 Å². The fourth-order valence-corrected chi connectivity index (χ4v) is 4.37. The van der Waals surface area contributed by atoms with Crippen molar-refractivity contribution in [1.29, 1.82) is 0 Å². The van der Waals surface area contributed by atoms with E-state index in [0.29, 0.717) is 17.7 Å². The summed E-state index contributed by atoms with van der Waals surface area (Å²) < 4.78 is 2.21. The third-order valence-electron chi connectivity index (χ3n) is 5.94. The molecule has 0 saturated carbocycles. The Bertz CT molecular complexity index is 1150. The van der Waals surface area contributed by atoms with Gasteiger partial charge in [-0.15, -0.1) is 0 Å². The number of carboxylic acids is 1. The van der Waals surface area contributed by atoms with Gasteiger partial charge < -0.3 is 20.4 Å². The lowest BCUT2D eigenvalue weighted by atomic mass is 9.99. The van der Waals surface area contributed by atoms with Crippen LogP contribution in [0.1, 0.15) is 41.4 Å². The van der Waals surface area contributed by atoms with Crippen LogP contribution in [-0.2, 0) is 20.0 Å². The predicted molar refractivity (Wildman–Crippen MR) is 114 cm³/mol. The summed E-state index contributed by atoms with van der Waals surface area (Å²) in [5, 5.41) is 10.4. The highest BCUT2D eigenvalue weighted by atomic mass is 16.4. The SMILES string of the molecule is CCc1c(-c2ccc3c(c2)cc(CN2CCCC2)n3C)[nH]c(=O)c(C(=O)O)c1N. The number of benzene rings is 1. The molecule has 4 rings (SSSR count). The summed E-state index contributed by atoms with van der Waals surface area (Å²) in [4.78, 5) is 29.0. The van der Waals surface area contributed by atoms with Gasteiger partial charge in [0.25, 0.3) is 5.56 Å². The van der Waals surface area contributed by atoms with Gasteiger partial charge in [-0.3, -0.25) is 9.69 Å². The zero-order chi connectivity index (χ0) is 20.7. The molecular weight excluding hydrogens is 368 g/mol. The number of anilines is 1. The number of carbonyl (C=O) groups is 1. The average molecular weight is 394 g/mol. The topological polar surface area (TPSA) is 104 Å². The zero-order valence-corrected chi connectivity index (χ0v) is 16.8. The Morgan fingerprint density at radius 2 is 1.97 bits per heavy atom. The highest BCUT2D eigenvalue weighted by Gasteiger charge is 2.21. The van der Waals surface area contributed by atoms with Gasteiger partial charge in [0.05, 0.1) is 11.4 Å². The molecule has 3 aromatic rings. The number of nitrogens with two attached hydrogens (primary N) is 1. The van der Waals surface area contributed by atoms with E-state index >= 15 is 0 Å². The number of carboxylic acid groups (broad SMARTS) is 1. The maximum atomic E-state index is 12.3. The number of hydrogen-bond acceptors (Lipinski definition) is 4. The molecule has 1 saturated heterocycles. The Kier molecular flexibility index (Phi) is 4.92. The Labute approximate surface area is 168 Å². The minimum absolute atomic E-state index is 0.0432. The molecule has 0 spiro atoms. The normalized spacial score (nSPS) is 14.7. The van der Waals surface area contributed by atoms with Gasteiger partial charge in [0.2, 0.25) is 0 Å². The Morgan fingerprint density at radius 3 is 2.62 bits per heavy atom. The first kappa shape index (κ1) is 19.3. The molecule has 1 aliphatic heterocycles. The lowest BCUT2D eigenvalue weighted by Gasteiger charge is -2.15. The molecule has 1 aromatic carbocycles. The van der Waals surface area contributed by atoms with Crippen LogP contribution in [0.15, 0.2) is 29.1 Å². The van der Waals surface area contributed by atoms with E-state index in [9.17, 15) is 14.7 Å². The number of rotatable bonds is 5. The lowest BCUT2D eigenvalue weighted by molar-refractivity contribution is 0.0696. The van der Waals surface area contributed by atoms with Gasteiger partial charge in [-0.05, 0) is 56.1 Å². The number of fused-ring (bicyclic) bond motifs is 1. The minimum Gasteiger partial charge on any atom is -0.477 e. The smallest absolute Gasteiger partial charge is 0.343 e. The predicted octanol–water partition coefficient (Wildman–Crippen LogP) is 2.97. The molecule has 0 atom stereocenters. The molecule has 7 heteroatoms. The molecule has 0 radical (unpaired) electrons. The van der Waals surface area contributed by atoms with Crippen LogP contribution in [0.5, 0.6) is 0 Å². The van der Waals surface area contributed by atoms with Crippen LogP contribution in [0, 0.1) is 0 Å². The van der Waals surface area contributed by atoms with Crippen LogP contribution in [-0.4, -0.2) is 38.6 Å². The summed E-state index contributed by atoms with van der Waals surface area (Å²) in [6, 6.07) is 8.21. The highest BCUT2D eigenvalue weighted by Crippen LogP contribution is 2.31. The molecule has 1 aliphatic rings. The first-order valence-electron chi connectivity index (χ1n) is 9.99. The first-order valence-corrected chi connectivity index (χ1v) is 9.99. The van der Waals surface area contributed by atoms with Crippen molar-refractivity contribution in [3.8, 4) is 11.3 Å². The van der Waals surface area contributed by atoms with Crippen molar-refractivity contribution in [2.24, 2.45) is 7.05 Å². The van der Waals surface area contributed by atoms with Gasteiger partial charge in [0.15, 0.2) is 0 Å². The van der Waals surface area contributed by atoms with Crippen molar-refractivity contribution in [3.63, 3.8) is 0 Å².